The molecule has 0 aliphatic rings. The summed E-state index contributed by atoms with van der Waals surface area (Å²) in [6.07, 6.45) is -2.36. The molecule has 1 nitrogen and oxygen atoms in total. The average Bonchev–Trinajstić information content (AvgIpc) is 3.21. The Morgan fingerprint density at radius 1 is 0.868 bits per heavy atom. The number of aromatic nitrogens is 1. The quantitative estimate of drug-likeness (QED) is 0.201. The number of nitrogens with zero attached hydrogens (tertiary/aromatic N) is 1. The molecular weight excluding hydrogens is 516 g/mol. The lowest BCUT2D eigenvalue weighted by Gasteiger charge is -2.28. The Labute approximate surface area is 227 Å². The maximum Gasteiger partial charge on any atom is 0.394 e. The minimum absolute atomic E-state index is 0.0269. The van der Waals surface area contributed by atoms with Crippen LogP contribution in [0.15, 0.2) is 72.9 Å². The molecule has 3 aromatic carbocycles. The van der Waals surface area contributed by atoms with Gasteiger partial charge in [0.2, 0.25) is 0 Å². The molecule has 0 N–H and O–H groups in total. The molecular formula is C32H32F3NSSi. The SMILES string of the molecule is Cc1cc(-c2nccc3c(C)c([Si](C)(C)c4ccc(CC(C)(C)C(F)(F)F)cc4)sc23)cc2ccccc12. The molecule has 0 aliphatic heterocycles. The van der Waals surface area contributed by atoms with Crippen LogP contribution in [0.25, 0.3) is 32.1 Å². The van der Waals surface area contributed by atoms with Crippen molar-refractivity contribution in [3.63, 3.8) is 0 Å². The van der Waals surface area contributed by atoms with E-state index < -0.39 is 19.7 Å². The van der Waals surface area contributed by atoms with Gasteiger partial charge in [-0.25, -0.2) is 0 Å². The van der Waals surface area contributed by atoms with Crippen LogP contribution in [0, 0.1) is 19.3 Å². The van der Waals surface area contributed by atoms with Gasteiger partial charge in [0.25, 0.3) is 0 Å². The van der Waals surface area contributed by atoms with Crippen LogP contribution in [0.3, 0.4) is 0 Å². The highest BCUT2D eigenvalue weighted by Gasteiger charge is 2.47. The number of thiophene rings is 1. The Balaban J connectivity index is 1.55. The van der Waals surface area contributed by atoms with Gasteiger partial charge in [-0.2, -0.15) is 13.2 Å². The maximum absolute atomic E-state index is 13.4. The number of halogens is 3. The Kier molecular flexibility index (Phi) is 6.55. The third-order valence-corrected chi connectivity index (χ3v) is 14.1. The number of benzene rings is 3. The summed E-state index contributed by atoms with van der Waals surface area (Å²) in [4.78, 5) is 4.83. The normalized spacial score (nSPS) is 13.0. The van der Waals surface area contributed by atoms with Gasteiger partial charge < -0.3 is 0 Å². The largest absolute Gasteiger partial charge is 0.394 e. The van der Waals surface area contributed by atoms with Crippen molar-refractivity contribution < 1.29 is 13.2 Å². The van der Waals surface area contributed by atoms with E-state index in [0.717, 1.165) is 11.3 Å². The van der Waals surface area contributed by atoms with Crippen LogP contribution in [0.1, 0.15) is 30.5 Å². The standard InChI is InChI=1S/C32H32F3NSSi/c1-20-17-24(18-23-9-7-8-10-26(20)23)28-29-27(15-16-36-28)21(2)30(37-29)38(5,6)25-13-11-22(12-14-25)19-31(3,4)32(33,34)35/h7-18H,19H2,1-6H3. The van der Waals surface area contributed by atoms with E-state index in [2.05, 4.69) is 69.4 Å². The Hall–Kier alpha value is -2.96. The molecule has 6 heteroatoms. The number of aryl methyl sites for hydroxylation is 2. The third-order valence-electron chi connectivity index (χ3n) is 7.85. The van der Waals surface area contributed by atoms with E-state index in [1.807, 2.05) is 41.8 Å². The van der Waals surface area contributed by atoms with Crippen molar-refractivity contribution in [2.75, 3.05) is 0 Å². The molecule has 38 heavy (non-hydrogen) atoms. The van der Waals surface area contributed by atoms with Crippen LogP contribution in [0.2, 0.25) is 13.1 Å². The van der Waals surface area contributed by atoms with Crippen LogP contribution < -0.4 is 9.69 Å². The topological polar surface area (TPSA) is 12.9 Å². The fourth-order valence-corrected chi connectivity index (χ4v) is 10.4. The van der Waals surface area contributed by atoms with Gasteiger partial charge in [-0.3, -0.25) is 4.98 Å². The molecule has 5 rings (SSSR count). The lowest BCUT2D eigenvalue weighted by atomic mass is 9.85. The second-order valence-corrected chi connectivity index (χ2v) is 17.2. The van der Waals surface area contributed by atoms with Gasteiger partial charge in [0, 0.05) is 11.8 Å². The Bertz CT molecular complexity index is 1650. The molecule has 0 saturated heterocycles. The second-order valence-electron chi connectivity index (χ2n) is 11.5. The molecule has 0 spiro atoms. The molecule has 0 atom stereocenters. The van der Waals surface area contributed by atoms with Gasteiger partial charge in [-0.1, -0.05) is 80.7 Å². The van der Waals surface area contributed by atoms with Gasteiger partial charge in [-0.05, 0) is 75.8 Å². The zero-order chi connectivity index (χ0) is 27.5. The fourth-order valence-electron chi connectivity index (χ4n) is 5.37. The summed E-state index contributed by atoms with van der Waals surface area (Å²) in [6.45, 7) is 11.5. The van der Waals surface area contributed by atoms with Gasteiger partial charge in [-0.15, -0.1) is 11.3 Å². The molecule has 2 heterocycles. The second kappa shape index (κ2) is 9.35. The molecule has 0 fully saturated rings. The lowest BCUT2D eigenvalue weighted by Crippen LogP contribution is -2.52. The van der Waals surface area contributed by atoms with E-state index >= 15 is 0 Å². The molecule has 2 aromatic heterocycles. The fraction of sp³-hybridized carbons (Fsp3) is 0.281. The van der Waals surface area contributed by atoms with Crippen molar-refractivity contribution in [3.8, 4) is 11.3 Å². The average molecular weight is 548 g/mol. The first kappa shape index (κ1) is 26.6. The lowest BCUT2D eigenvalue weighted by molar-refractivity contribution is -0.211. The van der Waals surface area contributed by atoms with E-state index in [1.165, 1.54) is 55.5 Å². The van der Waals surface area contributed by atoms with Gasteiger partial charge >= 0.3 is 6.18 Å². The van der Waals surface area contributed by atoms with Crippen LogP contribution >= 0.6 is 11.3 Å². The predicted octanol–water partition coefficient (Wildman–Crippen LogP) is 8.69. The van der Waals surface area contributed by atoms with Gasteiger partial charge in [0.05, 0.1) is 15.8 Å². The molecule has 0 radical (unpaired) electrons. The number of alkyl halides is 3. The van der Waals surface area contributed by atoms with Crippen molar-refractivity contribution >= 4 is 50.0 Å². The number of fused-ring (bicyclic) bond motifs is 2. The first-order chi connectivity index (χ1) is 17.8. The zero-order valence-electron chi connectivity index (χ0n) is 22.6. The molecule has 5 aromatic rings. The highest BCUT2D eigenvalue weighted by Crippen LogP contribution is 2.40. The number of pyridine rings is 1. The molecule has 0 bridgehead atoms. The van der Waals surface area contributed by atoms with Crippen molar-refractivity contribution in [1.29, 1.82) is 0 Å². The number of hydrogen-bond donors (Lipinski definition) is 0. The predicted molar refractivity (Wildman–Crippen MR) is 159 cm³/mol. The summed E-state index contributed by atoms with van der Waals surface area (Å²) in [5, 5.41) is 4.90. The van der Waals surface area contributed by atoms with Crippen molar-refractivity contribution in [1.82, 2.24) is 4.98 Å². The van der Waals surface area contributed by atoms with E-state index in [-0.39, 0.29) is 6.42 Å². The highest BCUT2D eigenvalue weighted by atomic mass is 32.1. The first-order valence-electron chi connectivity index (χ1n) is 12.8. The Morgan fingerprint density at radius 3 is 2.24 bits per heavy atom. The van der Waals surface area contributed by atoms with Crippen molar-refractivity contribution in [3.05, 3.63) is 89.6 Å². The summed E-state index contributed by atoms with van der Waals surface area (Å²) in [6, 6.07) is 22.8. The van der Waals surface area contributed by atoms with Crippen molar-refractivity contribution in [2.24, 2.45) is 5.41 Å². The minimum Gasteiger partial charge on any atom is -0.255 e. The molecule has 0 amide bonds. The summed E-state index contributed by atoms with van der Waals surface area (Å²) < 4.78 is 42.8. The minimum atomic E-state index is -4.23. The van der Waals surface area contributed by atoms with Crippen LogP contribution in [-0.2, 0) is 6.42 Å². The monoisotopic (exact) mass is 547 g/mol. The first-order valence-corrected chi connectivity index (χ1v) is 16.7. The number of hydrogen-bond acceptors (Lipinski definition) is 2. The van der Waals surface area contributed by atoms with Crippen LogP contribution in [0.4, 0.5) is 13.2 Å². The molecule has 196 valence electrons. The summed E-state index contributed by atoms with van der Waals surface area (Å²) in [5.74, 6) is 0. The third kappa shape index (κ3) is 4.58. The summed E-state index contributed by atoms with van der Waals surface area (Å²) in [7, 11) is -2.11. The van der Waals surface area contributed by atoms with E-state index in [4.69, 9.17) is 4.98 Å². The van der Waals surface area contributed by atoms with Gasteiger partial charge in [0.1, 0.15) is 8.07 Å². The number of rotatable bonds is 5. The van der Waals surface area contributed by atoms with Crippen molar-refractivity contribution in [2.45, 2.75) is 53.4 Å². The van der Waals surface area contributed by atoms with Crippen LogP contribution in [0.5, 0.6) is 0 Å². The maximum atomic E-state index is 13.4. The van der Waals surface area contributed by atoms with E-state index in [1.54, 1.807) is 0 Å². The Morgan fingerprint density at radius 2 is 1.55 bits per heavy atom. The van der Waals surface area contributed by atoms with Crippen LogP contribution in [-0.4, -0.2) is 19.2 Å². The smallest absolute Gasteiger partial charge is 0.255 e. The zero-order valence-corrected chi connectivity index (χ0v) is 24.4. The van der Waals surface area contributed by atoms with E-state index in [9.17, 15) is 13.2 Å². The molecule has 0 aliphatic carbocycles. The van der Waals surface area contributed by atoms with Gasteiger partial charge in [0.15, 0.2) is 0 Å². The summed E-state index contributed by atoms with van der Waals surface area (Å²) in [5.41, 5.74) is 3.60. The van der Waals surface area contributed by atoms with E-state index in [0.29, 0.717) is 5.56 Å². The molecule has 0 unspecified atom stereocenters. The summed E-state index contributed by atoms with van der Waals surface area (Å²) >= 11 is 1.83. The highest BCUT2D eigenvalue weighted by molar-refractivity contribution is 7.34. The molecule has 0 saturated carbocycles.